The van der Waals surface area contributed by atoms with Crippen molar-refractivity contribution in [2.45, 2.75) is 110 Å². The van der Waals surface area contributed by atoms with Gasteiger partial charge < -0.3 is 56.8 Å². The fourth-order valence-electron chi connectivity index (χ4n) is 7.60. The van der Waals surface area contributed by atoms with Gasteiger partial charge in [-0.15, -0.1) is 0 Å². The second-order valence-electron chi connectivity index (χ2n) is 13.1. The third-order valence-electron chi connectivity index (χ3n) is 9.68. The van der Waals surface area contributed by atoms with E-state index in [9.17, 15) is 9.59 Å². The summed E-state index contributed by atoms with van der Waals surface area (Å²) in [7, 11) is 0. The fourth-order valence-corrected chi connectivity index (χ4v) is 14.5. The highest BCUT2D eigenvalue weighted by molar-refractivity contribution is 9.13. The number of hydrogen-bond acceptors (Lipinski definition) is 14. The van der Waals surface area contributed by atoms with Crippen LogP contribution in [-0.2, 0) is 56.8 Å². The van der Waals surface area contributed by atoms with E-state index in [-0.39, 0.29) is 75.0 Å². The van der Waals surface area contributed by atoms with Gasteiger partial charge >= 0.3 is 12.3 Å². The first-order chi connectivity index (χ1) is 27.6. The molecule has 2 rings (SSSR count). The van der Waals surface area contributed by atoms with E-state index in [1.54, 1.807) is 53.7 Å². The molecule has 0 heterocycles. The summed E-state index contributed by atoms with van der Waals surface area (Å²) in [6, 6.07) is 0. The molecule has 14 nitrogen and oxygen atoms in total. The van der Waals surface area contributed by atoms with Crippen molar-refractivity contribution in [3.8, 4) is 0 Å². The number of rotatable bonds is 24. The third-order valence-corrected chi connectivity index (χ3v) is 17.6. The first-order valence-electron chi connectivity index (χ1n) is 19.2. The number of halogens is 6. The van der Waals surface area contributed by atoms with Gasteiger partial charge in [-0.2, -0.15) is 0 Å². The van der Waals surface area contributed by atoms with E-state index >= 15 is 0 Å². The molecule has 0 N–H and O–H groups in total. The molecule has 0 aromatic carbocycles. The maximum Gasteiger partial charge on any atom is 0.511 e. The fraction of sp³-hybridized carbons (Fsp3) is 0.744. The smallest absolute Gasteiger partial charge is 0.430 e. The van der Waals surface area contributed by atoms with Crippen LogP contribution in [0, 0.1) is 5.41 Å². The Bertz CT molecular complexity index is 1430. The zero-order valence-corrected chi connectivity index (χ0v) is 44.8. The van der Waals surface area contributed by atoms with E-state index in [0.29, 0.717) is 0 Å². The lowest BCUT2D eigenvalue weighted by Gasteiger charge is -2.70. The van der Waals surface area contributed by atoms with Crippen LogP contribution < -0.4 is 0 Å². The molecule has 0 aromatic heterocycles. The van der Waals surface area contributed by atoms with Crippen LogP contribution in [0.25, 0.3) is 0 Å². The molecule has 0 saturated heterocycles. The van der Waals surface area contributed by atoms with Crippen molar-refractivity contribution in [1.82, 2.24) is 0 Å². The van der Waals surface area contributed by atoms with Crippen LogP contribution in [0.4, 0.5) is 9.59 Å². The van der Waals surface area contributed by atoms with Crippen LogP contribution in [0.1, 0.15) is 69.2 Å². The zero-order valence-electron chi connectivity index (χ0n) is 35.3. The largest absolute Gasteiger partial charge is 0.511 e. The van der Waals surface area contributed by atoms with E-state index in [4.69, 9.17) is 56.8 Å². The summed E-state index contributed by atoms with van der Waals surface area (Å²) in [5, 5.41) is 0. The Morgan fingerprint density at radius 3 is 1.05 bits per heavy atom. The van der Waals surface area contributed by atoms with Gasteiger partial charge in [0.15, 0.2) is 0 Å². The van der Waals surface area contributed by atoms with Crippen molar-refractivity contribution in [3.05, 3.63) is 46.4 Å². The minimum Gasteiger partial charge on any atom is -0.430 e. The summed E-state index contributed by atoms with van der Waals surface area (Å²) in [5.41, 5.74) is -5.17. The van der Waals surface area contributed by atoms with Crippen LogP contribution in [0.15, 0.2) is 46.4 Å². The average molecular weight is 1230 g/mol. The van der Waals surface area contributed by atoms with Crippen LogP contribution in [-0.4, -0.2) is 119 Å². The normalized spacial score (nSPS) is 34.6. The van der Waals surface area contributed by atoms with Crippen molar-refractivity contribution in [2.24, 2.45) is 5.41 Å². The minimum atomic E-state index is -2.15. The predicted molar refractivity (Wildman–Crippen MR) is 244 cm³/mol. The molecule has 0 spiro atoms. The lowest BCUT2D eigenvalue weighted by molar-refractivity contribution is -0.359. The van der Waals surface area contributed by atoms with Crippen LogP contribution in [0.2, 0.25) is 0 Å². The number of alkyl halides is 4. The quantitative estimate of drug-likeness (QED) is 0.0391. The van der Waals surface area contributed by atoms with E-state index in [2.05, 4.69) is 109 Å². The molecule has 0 radical (unpaired) electrons. The molecule has 2 aliphatic carbocycles. The number of carbonyl (C=O) groups excluding carboxylic acids is 2. The highest BCUT2D eigenvalue weighted by Crippen LogP contribution is 2.73. The molecule has 2 aliphatic rings. The van der Waals surface area contributed by atoms with Gasteiger partial charge in [-0.1, -0.05) is 39.2 Å². The SMILES string of the molecule is C=CCOC(=O)OC1(OCC)C(Br)=CC(OCC)(C(C)(C)C2(OCC)C=C(Br)C(OCC)(OC(=O)OCC=C)C(Br)(OCC)C2(Br)OCC)C(Br)(OCC)C1(Br)OCC. The summed E-state index contributed by atoms with van der Waals surface area (Å²) in [5.74, 6) is -4.29. The average Bonchev–Trinajstić information content (AvgIpc) is 3.17. The van der Waals surface area contributed by atoms with Gasteiger partial charge in [0.2, 0.25) is 18.0 Å². The molecule has 340 valence electrons. The Hall–Kier alpha value is 0.0600. The Morgan fingerprint density at radius 2 is 0.797 bits per heavy atom. The van der Waals surface area contributed by atoms with E-state index < -0.39 is 58.5 Å². The molecule has 59 heavy (non-hydrogen) atoms. The molecule has 0 amide bonds. The maximum absolute atomic E-state index is 13.5. The van der Waals surface area contributed by atoms with Crippen molar-refractivity contribution in [3.63, 3.8) is 0 Å². The van der Waals surface area contributed by atoms with Gasteiger partial charge in [0.05, 0.1) is 8.96 Å². The highest BCUT2D eigenvalue weighted by atomic mass is 79.9. The monoisotopic (exact) mass is 1220 g/mol. The lowest BCUT2D eigenvalue weighted by Crippen LogP contribution is -2.86. The van der Waals surface area contributed by atoms with E-state index in [1.807, 2.05) is 27.7 Å². The van der Waals surface area contributed by atoms with Crippen molar-refractivity contribution < 1.29 is 66.4 Å². The van der Waals surface area contributed by atoms with Gasteiger partial charge in [0.25, 0.3) is 11.6 Å². The first-order valence-corrected chi connectivity index (χ1v) is 24.0. The number of hydrogen-bond donors (Lipinski definition) is 0. The summed E-state index contributed by atoms with van der Waals surface area (Å²) in [6.07, 6.45) is 3.97. The molecule has 20 heteroatoms. The van der Waals surface area contributed by atoms with Gasteiger partial charge in [-0.25, -0.2) is 9.59 Å². The Morgan fingerprint density at radius 1 is 0.525 bits per heavy atom. The van der Waals surface area contributed by atoms with Crippen molar-refractivity contribution >= 4 is 108 Å². The van der Waals surface area contributed by atoms with E-state index in [0.717, 1.165) is 0 Å². The molecule has 0 aliphatic heterocycles. The van der Waals surface area contributed by atoms with Crippen molar-refractivity contribution in [1.29, 1.82) is 0 Å². The van der Waals surface area contributed by atoms with Crippen molar-refractivity contribution in [2.75, 3.05) is 66.1 Å². The van der Waals surface area contributed by atoms with E-state index in [1.165, 1.54) is 12.2 Å². The molecular formula is C39H58Br6O14. The zero-order chi connectivity index (χ0) is 45.2. The van der Waals surface area contributed by atoms with Gasteiger partial charge in [-0.3, -0.25) is 0 Å². The molecule has 0 fully saturated rings. The number of ether oxygens (including phenoxy) is 12. The molecule has 0 aromatic rings. The molecule has 8 atom stereocenters. The van der Waals surface area contributed by atoms with Crippen LogP contribution in [0.3, 0.4) is 0 Å². The Kier molecular flexibility index (Phi) is 20.9. The minimum absolute atomic E-state index is 0.0148. The molecule has 0 saturated carbocycles. The molecule has 8 unspecified atom stereocenters. The van der Waals surface area contributed by atoms with Gasteiger partial charge in [-0.05, 0) is 163 Å². The summed E-state index contributed by atoms with van der Waals surface area (Å²) >= 11 is 23.4. The topological polar surface area (TPSA) is 145 Å². The Balaban J connectivity index is 3.50. The number of carbonyl (C=O) groups is 2. The summed E-state index contributed by atoms with van der Waals surface area (Å²) in [4.78, 5) is 27.0. The second-order valence-corrected chi connectivity index (χ2v) is 19.2. The maximum atomic E-state index is 13.5. The third kappa shape index (κ3) is 8.79. The molecular weight excluding hydrogens is 1170 g/mol. The lowest BCUT2D eigenvalue weighted by atomic mass is 9.54. The molecule has 0 bridgehead atoms. The highest BCUT2D eigenvalue weighted by Gasteiger charge is 2.88. The van der Waals surface area contributed by atoms with Crippen LogP contribution >= 0.6 is 95.6 Å². The standard InChI is InChI=1S/C39H58Br6O14/c1-13-23-48-29(46)58-34(52-17-5)27(40)25-32(50-15-3,36(42,54-19-7)38(34,44)56-21-9)31(11,12)33(51-16-4)26-28(41)35(53-18-6,59-30(47)49-24-14-2)39(45,57-22-10)37(33,43)55-20-8/h13-14,25-26H,1-2,15-24H2,3-12H3. The van der Waals surface area contributed by atoms with Gasteiger partial charge in [0.1, 0.15) is 24.4 Å². The summed E-state index contributed by atoms with van der Waals surface area (Å²) < 4.78 is 69.4. The predicted octanol–water partition coefficient (Wildman–Crippen LogP) is 10.8. The Labute approximate surface area is 399 Å². The second kappa shape index (κ2) is 22.3. The summed E-state index contributed by atoms with van der Waals surface area (Å²) in [6.45, 7) is 25.2. The first kappa shape index (κ1) is 55.2. The van der Waals surface area contributed by atoms with Crippen LogP contribution in [0.5, 0.6) is 0 Å². The van der Waals surface area contributed by atoms with Gasteiger partial charge in [0, 0.05) is 58.3 Å².